The van der Waals surface area contributed by atoms with Gasteiger partial charge in [0.05, 0.1) is 0 Å². The van der Waals surface area contributed by atoms with Gasteiger partial charge in [0, 0.05) is 0 Å². The molecule has 2 heteroatoms. The topological polar surface area (TPSA) is 0 Å². The number of hydrogen-bond acceptors (Lipinski definition) is 0. The zero-order chi connectivity index (χ0) is 7.23. The van der Waals surface area contributed by atoms with Gasteiger partial charge < -0.3 is 0 Å². The Morgan fingerprint density at radius 3 is 2.50 bits per heavy atom. The quantitative estimate of drug-likeness (QED) is 0.749. The van der Waals surface area contributed by atoms with E-state index in [1.807, 2.05) is 46.1 Å². The molecule has 1 aromatic carbocycles. The van der Waals surface area contributed by atoms with Crippen LogP contribution in [0.5, 0.6) is 0 Å². The number of aryl methyl sites for hydroxylation is 1. The molecule has 0 spiro atoms. The average molecular weight is 289 g/mol. The van der Waals surface area contributed by atoms with E-state index in [9.17, 15) is 0 Å². The van der Waals surface area contributed by atoms with E-state index in [0.717, 1.165) is 2.01 Å². The van der Waals surface area contributed by atoms with Crippen molar-refractivity contribution < 1.29 is 46.1 Å². The Morgan fingerprint density at radius 2 is 1.90 bits per heavy atom. The maximum absolute atomic E-state index is 2.20. The van der Waals surface area contributed by atoms with Crippen LogP contribution in [-0.4, -0.2) is 6.16 Å². The van der Waals surface area contributed by atoms with Crippen molar-refractivity contribution >= 4 is 2.01 Å². The molecule has 1 aromatic rings. The van der Waals surface area contributed by atoms with Crippen molar-refractivity contribution in [2.75, 3.05) is 6.16 Å². The van der Waals surface area contributed by atoms with E-state index in [-0.39, 0.29) is 0 Å². The molecule has 10 heavy (non-hydrogen) atoms. The second-order valence-electron chi connectivity index (χ2n) is 2.12. The van der Waals surface area contributed by atoms with Crippen molar-refractivity contribution in [3.05, 3.63) is 35.9 Å². The molecule has 0 N–H and O–H groups in total. The van der Waals surface area contributed by atoms with Gasteiger partial charge in [0.15, 0.2) is 0 Å². The first-order valence-electron chi connectivity index (χ1n) is 3.31. The summed E-state index contributed by atoms with van der Waals surface area (Å²) in [6.45, 7) is 0. The second-order valence-corrected chi connectivity index (χ2v) is 5.46. The Hall–Kier alpha value is 1.23. The van der Waals surface area contributed by atoms with Gasteiger partial charge in [-0.3, -0.25) is 0 Å². The Morgan fingerprint density at radius 1 is 1.20 bits per heavy atom. The van der Waals surface area contributed by atoms with Crippen LogP contribution in [0.1, 0.15) is 5.56 Å². The zero-order valence-electron chi connectivity index (χ0n) is 5.68. The van der Waals surface area contributed by atoms with E-state index >= 15 is 0 Å². The molecule has 0 saturated carbocycles. The van der Waals surface area contributed by atoms with Crippen LogP contribution in [-0.2, 0) is 6.42 Å². The first-order valence-corrected chi connectivity index (χ1v) is 8.03. The van der Waals surface area contributed by atoms with Crippen molar-refractivity contribution in [2.45, 2.75) is 6.42 Å². The van der Waals surface area contributed by atoms with E-state index in [2.05, 4.69) is 30.3 Å². The van der Waals surface area contributed by atoms with Crippen molar-refractivity contribution in [1.29, 1.82) is 0 Å². The van der Waals surface area contributed by atoms with E-state index < -0.39 is 0 Å². The van der Waals surface area contributed by atoms with Gasteiger partial charge >= 0.3 is 96.6 Å². The fourth-order valence-corrected chi connectivity index (χ4v) is 2.13. The molecule has 1 unspecified atom stereocenters. The van der Waals surface area contributed by atoms with Crippen LogP contribution in [0.15, 0.2) is 30.3 Å². The number of benzene rings is 1. The van der Waals surface area contributed by atoms with Crippen molar-refractivity contribution in [3.63, 3.8) is 0 Å². The maximum atomic E-state index is 2.20. The molecular weight excluding hydrogens is 279 g/mol. The van der Waals surface area contributed by atoms with Gasteiger partial charge in [-0.15, -0.1) is 0 Å². The summed E-state index contributed by atoms with van der Waals surface area (Å²) in [7, 11) is 0. The average Bonchev–Trinajstić information content (AvgIpc) is 2.03. The summed E-state index contributed by atoms with van der Waals surface area (Å²) in [5, 5.41) is 0. The third-order valence-corrected chi connectivity index (χ3v) is 3.61. The van der Waals surface area contributed by atoms with Gasteiger partial charge in [-0.05, 0) is 0 Å². The van der Waals surface area contributed by atoms with Gasteiger partial charge in [0.2, 0.25) is 0 Å². The molecule has 1 rings (SSSR count). The van der Waals surface area contributed by atoms with Crippen LogP contribution >= 0.6 is 2.01 Å². The molecule has 0 aliphatic heterocycles. The molecule has 0 bridgehead atoms. The summed E-state index contributed by atoms with van der Waals surface area (Å²) in [4.78, 5) is 0. The predicted octanol–water partition coefficient (Wildman–Crippen LogP) is 2.37. The van der Waals surface area contributed by atoms with Crippen LogP contribution in [0.2, 0.25) is 0 Å². The summed E-state index contributed by atoms with van der Waals surface area (Å²) < 4.78 is 1.14. The standard InChI is InChI=1S/C8H10P.Eu/c9-7-6-8-4-2-1-3-5-8;/h1-5,9H,6-7H2;/q-1;+1. The molecule has 0 aromatic heterocycles. The molecular formula is C8H10EuP. The summed E-state index contributed by atoms with van der Waals surface area (Å²) in [6, 6.07) is 10.7. The Bertz CT molecular complexity index is 174. The minimum atomic E-state index is 1.14. The van der Waals surface area contributed by atoms with Gasteiger partial charge in [0.1, 0.15) is 0 Å². The molecule has 0 heterocycles. The van der Waals surface area contributed by atoms with Gasteiger partial charge in [-0.2, -0.15) is 0 Å². The first kappa shape index (κ1) is 9.32. The SMILES string of the molecule is [Eu][PH]CCc1ccccc1. The number of hydrogen-bond donors (Lipinski definition) is 0. The van der Waals surface area contributed by atoms with Gasteiger partial charge in [0.25, 0.3) is 0 Å². The zero-order valence-corrected chi connectivity index (χ0v) is 9.10. The van der Waals surface area contributed by atoms with E-state index in [1.165, 1.54) is 18.1 Å². The number of rotatable bonds is 3. The fourth-order valence-electron chi connectivity index (χ4n) is 0.836. The molecule has 0 aliphatic rings. The first-order chi connectivity index (χ1) is 4.93. The Kier molecular flexibility index (Phi) is 5.44. The van der Waals surface area contributed by atoms with Crippen molar-refractivity contribution in [2.24, 2.45) is 0 Å². The minimum absolute atomic E-state index is 1.14. The predicted molar refractivity (Wildman–Crippen MR) is 43.3 cm³/mol. The fraction of sp³-hybridized carbons (Fsp3) is 0.250. The summed E-state index contributed by atoms with van der Waals surface area (Å²) >= 11 is 1.90. The van der Waals surface area contributed by atoms with Crippen LogP contribution in [0.3, 0.4) is 0 Å². The molecule has 0 amide bonds. The van der Waals surface area contributed by atoms with Crippen LogP contribution in [0.25, 0.3) is 0 Å². The third kappa shape index (κ3) is 3.57. The molecule has 0 nitrogen and oxygen atoms in total. The van der Waals surface area contributed by atoms with E-state index in [1.54, 1.807) is 0 Å². The van der Waals surface area contributed by atoms with Gasteiger partial charge in [-0.25, -0.2) is 0 Å². The van der Waals surface area contributed by atoms with E-state index in [0.29, 0.717) is 0 Å². The second kappa shape index (κ2) is 5.83. The van der Waals surface area contributed by atoms with Crippen LogP contribution < -0.4 is 0 Å². The van der Waals surface area contributed by atoms with Gasteiger partial charge in [-0.1, -0.05) is 0 Å². The summed E-state index contributed by atoms with van der Waals surface area (Å²) in [6.07, 6.45) is 2.62. The summed E-state index contributed by atoms with van der Waals surface area (Å²) in [5.41, 5.74) is 1.48. The van der Waals surface area contributed by atoms with E-state index in [4.69, 9.17) is 0 Å². The molecule has 0 fully saturated rings. The molecule has 54 valence electrons. The van der Waals surface area contributed by atoms with Crippen LogP contribution in [0, 0.1) is 46.1 Å². The Balaban J connectivity index is 2.43. The van der Waals surface area contributed by atoms with Crippen molar-refractivity contribution in [1.82, 2.24) is 0 Å². The van der Waals surface area contributed by atoms with Crippen molar-refractivity contribution in [3.8, 4) is 0 Å². The third-order valence-electron chi connectivity index (χ3n) is 1.35. The molecule has 0 radical (unpaired) electrons. The van der Waals surface area contributed by atoms with Crippen LogP contribution in [0.4, 0.5) is 0 Å². The molecule has 1 atom stereocenters. The normalized spacial score (nSPS) is 10.9. The summed E-state index contributed by atoms with van der Waals surface area (Å²) in [5.74, 6) is 0. The molecule has 0 saturated heterocycles. The Labute approximate surface area is 95.1 Å². The molecule has 0 aliphatic carbocycles. The monoisotopic (exact) mass is 290 g/mol.